The fraction of sp³-hybridized carbons (Fsp3) is 0.103. The van der Waals surface area contributed by atoms with Gasteiger partial charge in [-0.15, -0.1) is 5.92 Å². The number of amidine groups is 1. The van der Waals surface area contributed by atoms with Gasteiger partial charge in [0.2, 0.25) is 0 Å². The third-order valence-electron chi connectivity index (χ3n) is 5.57. The van der Waals surface area contributed by atoms with Crippen LogP contribution in [0, 0.1) is 24.2 Å². The van der Waals surface area contributed by atoms with E-state index in [-0.39, 0.29) is 5.84 Å². The number of nitrogens with one attached hydrogen (secondary N) is 1. The molecule has 3 heteroatoms. The van der Waals surface area contributed by atoms with Crippen LogP contribution in [0.4, 0.5) is 0 Å². The third-order valence-corrected chi connectivity index (χ3v) is 5.57. The number of benzene rings is 3. The highest BCUT2D eigenvalue weighted by molar-refractivity contribution is 6.09. The molecule has 0 aliphatic rings. The van der Waals surface area contributed by atoms with E-state index >= 15 is 0 Å². The molecule has 4 aromatic rings. The second-order valence-electron chi connectivity index (χ2n) is 7.58. The van der Waals surface area contributed by atoms with Gasteiger partial charge >= 0.3 is 0 Å². The zero-order valence-corrected chi connectivity index (χ0v) is 18.4. The lowest BCUT2D eigenvalue weighted by molar-refractivity contribution is 0.783. The van der Waals surface area contributed by atoms with E-state index in [1.807, 2.05) is 55.5 Å². The predicted octanol–water partition coefficient (Wildman–Crippen LogP) is 6.58. The molecule has 156 valence electrons. The Bertz CT molecular complexity index is 1330. The fourth-order valence-electron chi connectivity index (χ4n) is 4.16. The van der Waals surface area contributed by atoms with Crippen LogP contribution in [0.1, 0.15) is 29.3 Å². The monoisotopic (exact) mass is 415 g/mol. The van der Waals surface area contributed by atoms with E-state index in [1.165, 1.54) is 0 Å². The molecule has 0 atom stereocenters. The van der Waals surface area contributed by atoms with Gasteiger partial charge in [0, 0.05) is 28.9 Å². The molecule has 3 aromatic carbocycles. The van der Waals surface area contributed by atoms with Crippen LogP contribution < -0.4 is 0 Å². The topological polar surface area (TPSA) is 41.1 Å². The van der Waals surface area contributed by atoms with E-state index in [0.717, 1.165) is 44.8 Å². The van der Waals surface area contributed by atoms with Crippen LogP contribution in [0.5, 0.6) is 0 Å². The molecule has 0 aliphatic carbocycles. The molecular weight excluding hydrogens is 390 g/mol. The summed E-state index contributed by atoms with van der Waals surface area (Å²) in [5.74, 6) is 6.31. The van der Waals surface area contributed by atoms with Gasteiger partial charge < -0.3 is 4.57 Å². The molecule has 0 saturated carbocycles. The Kier molecular flexibility index (Phi) is 6.14. The van der Waals surface area contributed by atoms with Crippen molar-refractivity contribution in [2.45, 2.75) is 20.4 Å². The van der Waals surface area contributed by atoms with Gasteiger partial charge in [0.15, 0.2) is 5.84 Å². The molecule has 0 amide bonds. The molecule has 32 heavy (non-hydrogen) atoms. The smallest absolute Gasteiger partial charge is 0.153 e. The molecule has 1 heterocycles. The molecule has 0 saturated heterocycles. The maximum atomic E-state index is 8.59. The minimum absolute atomic E-state index is 0.183. The van der Waals surface area contributed by atoms with E-state index in [0.29, 0.717) is 6.54 Å². The summed E-state index contributed by atoms with van der Waals surface area (Å²) in [5.41, 5.74) is 8.21. The highest BCUT2D eigenvalue weighted by Gasteiger charge is 2.25. The predicted molar refractivity (Wildman–Crippen MR) is 135 cm³/mol. The summed E-state index contributed by atoms with van der Waals surface area (Å²) in [6, 6.07) is 28.9. The summed E-state index contributed by atoms with van der Waals surface area (Å²) >= 11 is 0. The molecule has 0 spiro atoms. The van der Waals surface area contributed by atoms with Gasteiger partial charge in [-0.05, 0) is 49.4 Å². The SMILES string of the molecule is C=NC(=N)c1c(-c2ccccc2)c(-c2ccccc2)n(Cc2cccc(C#CC)c2)c1C. The Morgan fingerprint density at radius 3 is 2.22 bits per heavy atom. The first-order valence-corrected chi connectivity index (χ1v) is 10.5. The number of nitrogens with zero attached hydrogens (tertiary/aromatic N) is 2. The number of rotatable bonds is 5. The van der Waals surface area contributed by atoms with Gasteiger partial charge in [-0.3, -0.25) is 5.41 Å². The second kappa shape index (κ2) is 9.32. The summed E-state index contributed by atoms with van der Waals surface area (Å²) in [6.07, 6.45) is 0. The molecule has 0 aliphatic heterocycles. The van der Waals surface area contributed by atoms with Crippen LogP contribution >= 0.6 is 0 Å². The van der Waals surface area contributed by atoms with Gasteiger partial charge in [0.05, 0.1) is 5.69 Å². The number of aromatic nitrogens is 1. The van der Waals surface area contributed by atoms with Crippen molar-refractivity contribution in [2.75, 3.05) is 0 Å². The van der Waals surface area contributed by atoms with Gasteiger partial charge in [0.25, 0.3) is 0 Å². The van der Waals surface area contributed by atoms with Crippen molar-refractivity contribution in [3.05, 3.63) is 107 Å². The van der Waals surface area contributed by atoms with Crippen molar-refractivity contribution in [3.63, 3.8) is 0 Å². The first kappa shape index (κ1) is 21.1. The van der Waals surface area contributed by atoms with Crippen LogP contribution in [0.2, 0.25) is 0 Å². The summed E-state index contributed by atoms with van der Waals surface area (Å²) in [4.78, 5) is 4.00. The largest absolute Gasteiger partial charge is 0.339 e. The Labute approximate surface area is 189 Å². The van der Waals surface area contributed by atoms with Gasteiger partial charge in [0.1, 0.15) is 0 Å². The van der Waals surface area contributed by atoms with Gasteiger partial charge in [-0.2, -0.15) is 0 Å². The van der Waals surface area contributed by atoms with Crippen molar-refractivity contribution in [2.24, 2.45) is 4.99 Å². The number of hydrogen-bond donors (Lipinski definition) is 1. The molecule has 1 aromatic heterocycles. The van der Waals surface area contributed by atoms with Crippen LogP contribution in [-0.2, 0) is 6.54 Å². The van der Waals surface area contributed by atoms with Crippen LogP contribution in [-0.4, -0.2) is 17.1 Å². The summed E-state index contributed by atoms with van der Waals surface area (Å²) in [7, 11) is 0. The minimum Gasteiger partial charge on any atom is -0.339 e. The molecule has 1 N–H and O–H groups in total. The van der Waals surface area contributed by atoms with Crippen LogP contribution in [0.15, 0.2) is 89.9 Å². The van der Waals surface area contributed by atoms with Crippen molar-refractivity contribution >= 4 is 12.6 Å². The highest BCUT2D eigenvalue weighted by atomic mass is 15.0. The Hall–Kier alpha value is -4.16. The molecule has 0 fully saturated rings. The van der Waals surface area contributed by atoms with E-state index in [4.69, 9.17) is 5.41 Å². The van der Waals surface area contributed by atoms with Crippen LogP contribution in [0.25, 0.3) is 22.4 Å². The first-order valence-electron chi connectivity index (χ1n) is 10.5. The normalized spacial score (nSPS) is 10.3. The standard InChI is InChI=1S/C29H25N3/c1-4-12-22-13-11-14-23(19-22)20-32-21(2)26(29(30)31-3)27(24-15-7-5-8-16-24)28(32)25-17-9-6-10-18-25/h5-11,13-19,30H,3,20H2,1-2H3. The minimum atomic E-state index is 0.183. The van der Waals surface area contributed by atoms with E-state index in [2.05, 4.69) is 71.4 Å². The summed E-state index contributed by atoms with van der Waals surface area (Å²) in [6.45, 7) is 8.22. The number of hydrogen-bond acceptors (Lipinski definition) is 1. The highest BCUT2D eigenvalue weighted by Crippen LogP contribution is 2.40. The van der Waals surface area contributed by atoms with Crippen molar-refractivity contribution < 1.29 is 0 Å². The van der Waals surface area contributed by atoms with Gasteiger partial charge in [-0.1, -0.05) is 78.7 Å². The molecule has 4 rings (SSSR count). The molecular formula is C29H25N3. The second-order valence-corrected chi connectivity index (χ2v) is 7.58. The van der Waals surface area contributed by atoms with E-state index in [9.17, 15) is 0 Å². The number of aliphatic imine (C=N–C) groups is 1. The first-order chi connectivity index (χ1) is 15.6. The Morgan fingerprint density at radius 2 is 1.59 bits per heavy atom. The van der Waals surface area contributed by atoms with Crippen molar-refractivity contribution in [1.82, 2.24) is 4.57 Å². The van der Waals surface area contributed by atoms with Gasteiger partial charge in [-0.25, -0.2) is 4.99 Å². The Morgan fingerprint density at radius 1 is 0.938 bits per heavy atom. The quantitative estimate of drug-likeness (QED) is 0.217. The molecule has 3 nitrogen and oxygen atoms in total. The maximum Gasteiger partial charge on any atom is 0.153 e. The van der Waals surface area contributed by atoms with Crippen LogP contribution in [0.3, 0.4) is 0 Å². The van der Waals surface area contributed by atoms with E-state index < -0.39 is 0 Å². The van der Waals surface area contributed by atoms with Crippen molar-refractivity contribution in [3.8, 4) is 34.2 Å². The molecule has 0 unspecified atom stereocenters. The lowest BCUT2D eigenvalue weighted by atomic mass is 9.96. The fourth-order valence-corrected chi connectivity index (χ4v) is 4.16. The lowest BCUT2D eigenvalue weighted by Gasteiger charge is -2.14. The summed E-state index contributed by atoms with van der Waals surface area (Å²) in [5, 5.41) is 8.59. The summed E-state index contributed by atoms with van der Waals surface area (Å²) < 4.78 is 2.28. The third kappa shape index (κ3) is 4.04. The zero-order chi connectivity index (χ0) is 22.5. The van der Waals surface area contributed by atoms with E-state index in [1.54, 1.807) is 0 Å². The zero-order valence-electron chi connectivity index (χ0n) is 18.4. The average molecular weight is 416 g/mol. The average Bonchev–Trinajstić information content (AvgIpc) is 3.12. The maximum absolute atomic E-state index is 8.59. The Balaban J connectivity index is 2.02. The van der Waals surface area contributed by atoms with Crippen molar-refractivity contribution in [1.29, 1.82) is 5.41 Å². The molecule has 0 radical (unpaired) electrons. The molecule has 0 bridgehead atoms. The lowest BCUT2D eigenvalue weighted by Crippen LogP contribution is -2.05.